The lowest BCUT2D eigenvalue weighted by Gasteiger charge is -2.17. The number of nitrogens with two attached hydrogens (primary N) is 2. The molecule has 5 nitrogen and oxygen atoms in total. The van der Waals surface area contributed by atoms with Crippen LogP contribution in [-0.2, 0) is 6.42 Å². The Balaban J connectivity index is 1.95. The molecule has 0 bridgehead atoms. The van der Waals surface area contributed by atoms with Crippen molar-refractivity contribution in [1.29, 1.82) is 0 Å². The summed E-state index contributed by atoms with van der Waals surface area (Å²) in [6.45, 7) is 4.15. The highest BCUT2D eigenvalue weighted by Crippen LogP contribution is 2.47. The van der Waals surface area contributed by atoms with E-state index in [1.54, 1.807) is 11.8 Å². The van der Waals surface area contributed by atoms with Crippen molar-refractivity contribution in [1.82, 2.24) is 9.97 Å². The average Bonchev–Trinajstić information content (AvgIpc) is 2.83. The van der Waals surface area contributed by atoms with E-state index in [4.69, 9.17) is 16.2 Å². The average molecular weight is 338 g/mol. The number of ether oxygens (including phenoxy) is 1. The third-order valence-electron chi connectivity index (χ3n) is 4.00. The van der Waals surface area contributed by atoms with Crippen LogP contribution in [0.25, 0.3) is 10.9 Å². The van der Waals surface area contributed by atoms with Crippen LogP contribution in [0.1, 0.15) is 19.4 Å². The fraction of sp³-hybridized carbons (Fsp3) is 0.222. The second-order valence-corrected chi connectivity index (χ2v) is 7.61. The van der Waals surface area contributed by atoms with E-state index in [0.717, 1.165) is 33.5 Å². The molecule has 122 valence electrons. The Hall–Kier alpha value is -2.47. The van der Waals surface area contributed by atoms with Gasteiger partial charge in [0.2, 0.25) is 5.95 Å². The maximum Gasteiger partial charge on any atom is 0.222 e. The smallest absolute Gasteiger partial charge is 0.222 e. The minimum atomic E-state index is -0.281. The Kier molecular flexibility index (Phi) is 3.31. The van der Waals surface area contributed by atoms with Gasteiger partial charge in [0.25, 0.3) is 0 Å². The monoisotopic (exact) mass is 338 g/mol. The second-order valence-electron chi connectivity index (χ2n) is 6.50. The molecule has 6 heteroatoms. The number of anilines is 2. The molecule has 0 radical (unpaired) electrons. The van der Waals surface area contributed by atoms with Crippen molar-refractivity contribution in [2.75, 3.05) is 11.5 Å². The maximum absolute atomic E-state index is 6.19. The molecule has 0 amide bonds. The highest BCUT2D eigenvalue weighted by molar-refractivity contribution is 7.99. The summed E-state index contributed by atoms with van der Waals surface area (Å²) in [7, 11) is 0. The third kappa shape index (κ3) is 2.53. The molecule has 0 saturated carbocycles. The molecule has 1 aliphatic heterocycles. The van der Waals surface area contributed by atoms with Crippen molar-refractivity contribution in [3.8, 4) is 5.75 Å². The normalized spacial score (nSPS) is 15.2. The molecule has 24 heavy (non-hydrogen) atoms. The van der Waals surface area contributed by atoms with Crippen LogP contribution in [0.15, 0.2) is 46.2 Å². The van der Waals surface area contributed by atoms with Crippen molar-refractivity contribution in [3.63, 3.8) is 0 Å². The lowest BCUT2D eigenvalue weighted by Crippen LogP contribution is -2.24. The number of hydrogen-bond donors (Lipinski definition) is 2. The van der Waals surface area contributed by atoms with E-state index >= 15 is 0 Å². The summed E-state index contributed by atoms with van der Waals surface area (Å²) in [4.78, 5) is 10.7. The van der Waals surface area contributed by atoms with E-state index in [1.165, 1.54) is 4.90 Å². The van der Waals surface area contributed by atoms with Crippen LogP contribution in [-0.4, -0.2) is 15.6 Å². The summed E-state index contributed by atoms with van der Waals surface area (Å²) in [5.41, 5.74) is 13.5. The van der Waals surface area contributed by atoms with Crippen LogP contribution in [0.3, 0.4) is 0 Å². The van der Waals surface area contributed by atoms with Gasteiger partial charge in [-0.1, -0.05) is 30.0 Å². The predicted octanol–water partition coefficient (Wildman–Crippen LogP) is 3.66. The fourth-order valence-corrected chi connectivity index (χ4v) is 4.06. The lowest BCUT2D eigenvalue weighted by atomic mass is 10.0. The topological polar surface area (TPSA) is 87.0 Å². The van der Waals surface area contributed by atoms with Gasteiger partial charge < -0.3 is 16.2 Å². The molecule has 4 rings (SSSR count). The summed E-state index contributed by atoms with van der Waals surface area (Å²) >= 11 is 1.70. The van der Waals surface area contributed by atoms with Crippen molar-refractivity contribution in [2.45, 2.75) is 35.7 Å². The molecule has 1 aliphatic rings. The minimum Gasteiger partial charge on any atom is -0.486 e. The van der Waals surface area contributed by atoms with Crippen molar-refractivity contribution >= 4 is 34.4 Å². The zero-order valence-corrected chi connectivity index (χ0v) is 14.4. The first-order valence-corrected chi connectivity index (χ1v) is 8.55. The first-order valence-electron chi connectivity index (χ1n) is 7.73. The SMILES string of the molecule is CC1(C)Cc2c(Sc3ccccc3)cc3nc(N)nc(N)c3c2O1. The lowest BCUT2D eigenvalue weighted by molar-refractivity contribution is 0.140. The molecule has 2 heterocycles. The van der Waals surface area contributed by atoms with Gasteiger partial charge in [0, 0.05) is 21.8 Å². The third-order valence-corrected chi connectivity index (χ3v) is 5.09. The molecule has 3 aromatic rings. The quantitative estimate of drug-likeness (QED) is 0.741. The Bertz CT molecular complexity index is 941. The zero-order chi connectivity index (χ0) is 16.9. The first kappa shape index (κ1) is 15.1. The number of rotatable bonds is 2. The van der Waals surface area contributed by atoms with Crippen LogP contribution < -0.4 is 16.2 Å². The Morgan fingerprint density at radius 3 is 2.62 bits per heavy atom. The zero-order valence-electron chi connectivity index (χ0n) is 13.5. The van der Waals surface area contributed by atoms with Crippen LogP contribution >= 0.6 is 11.8 Å². The summed E-state index contributed by atoms with van der Waals surface area (Å²) in [5.74, 6) is 1.32. The molecule has 0 saturated heterocycles. The molecule has 0 spiro atoms. The summed E-state index contributed by atoms with van der Waals surface area (Å²) in [6.07, 6.45) is 0.817. The summed E-state index contributed by atoms with van der Waals surface area (Å²) in [5, 5.41) is 0.752. The Morgan fingerprint density at radius 2 is 1.88 bits per heavy atom. The van der Waals surface area contributed by atoms with E-state index in [2.05, 4.69) is 35.9 Å². The van der Waals surface area contributed by atoms with Gasteiger partial charge in [0.15, 0.2) is 0 Å². The summed E-state index contributed by atoms with van der Waals surface area (Å²) in [6, 6.07) is 12.3. The molecule has 0 fully saturated rings. The number of aromatic nitrogens is 2. The molecule has 0 unspecified atom stereocenters. The molecule has 4 N–H and O–H groups in total. The van der Waals surface area contributed by atoms with Gasteiger partial charge in [-0.3, -0.25) is 0 Å². The first-order chi connectivity index (χ1) is 11.4. The molecular formula is C18H18N4OS. The van der Waals surface area contributed by atoms with Gasteiger partial charge in [-0.25, -0.2) is 4.98 Å². The van der Waals surface area contributed by atoms with E-state index in [0.29, 0.717) is 5.82 Å². The Labute approximate surface area is 144 Å². The van der Waals surface area contributed by atoms with E-state index < -0.39 is 0 Å². The van der Waals surface area contributed by atoms with Crippen LogP contribution in [0.5, 0.6) is 5.75 Å². The van der Waals surface area contributed by atoms with Gasteiger partial charge >= 0.3 is 0 Å². The van der Waals surface area contributed by atoms with Gasteiger partial charge in [0.1, 0.15) is 17.2 Å². The van der Waals surface area contributed by atoms with Crippen molar-refractivity contribution < 1.29 is 4.74 Å². The maximum atomic E-state index is 6.19. The number of hydrogen-bond acceptors (Lipinski definition) is 6. The van der Waals surface area contributed by atoms with Crippen LogP contribution in [0.2, 0.25) is 0 Å². The molecule has 0 aliphatic carbocycles. The van der Waals surface area contributed by atoms with E-state index in [1.807, 2.05) is 24.3 Å². The van der Waals surface area contributed by atoms with Gasteiger partial charge in [0.05, 0.1) is 10.9 Å². The highest BCUT2D eigenvalue weighted by Gasteiger charge is 2.35. The predicted molar refractivity (Wildman–Crippen MR) is 97.3 cm³/mol. The van der Waals surface area contributed by atoms with Crippen LogP contribution in [0.4, 0.5) is 11.8 Å². The Morgan fingerprint density at radius 1 is 1.12 bits per heavy atom. The fourth-order valence-electron chi connectivity index (χ4n) is 3.05. The highest BCUT2D eigenvalue weighted by atomic mass is 32.2. The standard InChI is InChI=1S/C18H18N4OS/c1-18(2)9-11-13(24-10-6-4-3-5-7-10)8-12-14(15(11)23-18)16(19)22-17(20)21-12/h3-8H,9H2,1-2H3,(H4,19,20,21,22). The van der Waals surface area contributed by atoms with E-state index in [9.17, 15) is 0 Å². The molecule has 2 aromatic carbocycles. The number of benzene rings is 2. The molecule has 1 aromatic heterocycles. The minimum absolute atomic E-state index is 0.174. The second kappa shape index (κ2) is 5.27. The molecular weight excluding hydrogens is 320 g/mol. The van der Waals surface area contributed by atoms with Crippen molar-refractivity contribution in [3.05, 3.63) is 42.0 Å². The van der Waals surface area contributed by atoms with Gasteiger partial charge in [-0.2, -0.15) is 4.98 Å². The van der Waals surface area contributed by atoms with Gasteiger partial charge in [-0.15, -0.1) is 0 Å². The molecule has 0 atom stereocenters. The number of fused-ring (bicyclic) bond motifs is 3. The van der Waals surface area contributed by atoms with Crippen LogP contribution in [0, 0.1) is 0 Å². The number of nitrogens with zero attached hydrogens (tertiary/aromatic N) is 2. The van der Waals surface area contributed by atoms with E-state index in [-0.39, 0.29) is 11.5 Å². The summed E-state index contributed by atoms with van der Waals surface area (Å²) < 4.78 is 6.19. The van der Waals surface area contributed by atoms with Crippen molar-refractivity contribution in [2.24, 2.45) is 0 Å². The number of nitrogen functional groups attached to an aromatic ring is 2. The largest absolute Gasteiger partial charge is 0.486 e. The van der Waals surface area contributed by atoms with Gasteiger partial charge in [-0.05, 0) is 32.0 Å².